The van der Waals surface area contributed by atoms with E-state index in [0.717, 1.165) is 24.1 Å². The highest BCUT2D eigenvalue weighted by Gasteiger charge is 2.21. The maximum atomic E-state index is 11.8. The fraction of sp³-hybridized carbons (Fsp3) is 0.636. The van der Waals surface area contributed by atoms with Gasteiger partial charge in [0.25, 0.3) is 5.56 Å². The molecule has 1 aromatic rings. The molecule has 0 aromatic carbocycles. The molecule has 1 heterocycles. The molecule has 0 saturated heterocycles. The van der Waals surface area contributed by atoms with Crippen molar-refractivity contribution in [3.05, 3.63) is 26.4 Å². The first-order valence-corrected chi connectivity index (χ1v) is 6.18. The second-order valence-corrected chi connectivity index (χ2v) is 4.73. The SMILES string of the molecule is NCCc1c(C2CCCC2)[nH]c(=S)[nH]c1=O. The first-order valence-electron chi connectivity index (χ1n) is 5.78. The Kier molecular flexibility index (Phi) is 3.56. The van der Waals surface area contributed by atoms with Crippen LogP contribution in [0.15, 0.2) is 4.79 Å². The lowest BCUT2D eigenvalue weighted by atomic mass is 9.98. The first-order chi connectivity index (χ1) is 7.72. The van der Waals surface area contributed by atoms with Gasteiger partial charge in [-0.1, -0.05) is 12.8 Å². The van der Waals surface area contributed by atoms with Crippen LogP contribution >= 0.6 is 12.2 Å². The van der Waals surface area contributed by atoms with E-state index in [2.05, 4.69) is 9.97 Å². The van der Waals surface area contributed by atoms with Crippen LogP contribution in [0.1, 0.15) is 42.9 Å². The zero-order valence-corrected chi connectivity index (χ0v) is 10.0. The van der Waals surface area contributed by atoms with Crippen molar-refractivity contribution in [1.82, 2.24) is 9.97 Å². The topological polar surface area (TPSA) is 74.7 Å². The molecular formula is C11H17N3OS. The van der Waals surface area contributed by atoms with Crippen LogP contribution in [0.3, 0.4) is 0 Å². The number of H-pyrrole nitrogens is 2. The number of hydrogen-bond donors (Lipinski definition) is 3. The van der Waals surface area contributed by atoms with Crippen LogP contribution in [0.25, 0.3) is 0 Å². The van der Waals surface area contributed by atoms with Crippen molar-refractivity contribution >= 4 is 12.2 Å². The van der Waals surface area contributed by atoms with E-state index in [4.69, 9.17) is 18.0 Å². The normalized spacial score (nSPS) is 16.8. The Balaban J connectivity index is 2.47. The van der Waals surface area contributed by atoms with Gasteiger partial charge in [-0.25, -0.2) is 0 Å². The monoisotopic (exact) mass is 239 g/mol. The Bertz CT molecular complexity index is 471. The molecule has 4 N–H and O–H groups in total. The summed E-state index contributed by atoms with van der Waals surface area (Å²) in [5, 5.41) is 0. The Hall–Kier alpha value is -0.940. The average Bonchev–Trinajstić information content (AvgIpc) is 2.75. The zero-order valence-electron chi connectivity index (χ0n) is 9.21. The van der Waals surface area contributed by atoms with Crippen LogP contribution in [0, 0.1) is 4.77 Å². The minimum atomic E-state index is -0.0731. The second-order valence-electron chi connectivity index (χ2n) is 4.32. The van der Waals surface area contributed by atoms with Gasteiger partial charge < -0.3 is 10.7 Å². The molecule has 0 spiro atoms. The van der Waals surface area contributed by atoms with E-state index in [1.54, 1.807) is 0 Å². The number of aromatic amines is 2. The van der Waals surface area contributed by atoms with Gasteiger partial charge in [0.15, 0.2) is 4.77 Å². The summed E-state index contributed by atoms with van der Waals surface area (Å²) in [6, 6.07) is 0. The molecule has 0 unspecified atom stereocenters. The van der Waals surface area contributed by atoms with E-state index in [9.17, 15) is 4.79 Å². The van der Waals surface area contributed by atoms with Crippen LogP contribution in [-0.4, -0.2) is 16.5 Å². The molecule has 5 heteroatoms. The highest BCUT2D eigenvalue weighted by atomic mass is 32.1. The van der Waals surface area contributed by atoms with Crippen LogP contribution in [-0.2, 0) is 6.42 Å². The molecule has 4 nitrogen and oxygen atoms in total. The highest BCUT2D eigenvalue weighted by molar-refractivity contribution is 7.71. The van der Waals surface area contributed by atoms with E-state index < -0.39 is 0 Å². The summed E-state index contributed by atoms with van der Waals surface area (Å²) in [5.41, 5.74) is 7.29. The molecule has 1 saturated carbocycles. The summed E-state index contributed by atoms with van der Waals surface area (Å²) in [7, 11) is 0. The quantitative estimate of drug-likeness (QED) is 0.701. The minimum absolute atomic E-state index is 0.0731. The third-order valence-electron chi connectivity index (χ3n) is 3.23. The summed E-state index contributed by atoms with van der Waals surface area (Å²) < 4.78 is 0.424. The zero-order chi connectivity index (χ0) is 11.5. The van der Waals surface area contributed by atoms with Crippen LogP contribution < -0.4 is 11.3 Å². The van der Waals surface area contributed by atoms with Gasteiger partial charge in [-0.05, 0) is 43.9 Å². The van der Waals surface area contributed by atoms with Gasteiger partial charge in [-0.15, -0.1) is 0 Å². The third-order valence-corrected chi connectivity index (χ3v) is 3.44. The molecule has 1 aromatic heterocycles. The minimum Gasteiger partial charge on any atom is -0.335 e. The summed E-state index contributed by atoms with van der Waals surface area (Å²) >= 11 is 5.02. The predicted molar refractivity (Wildman–Crippen MR) is 66.2 cm³/mol. The van der Waals surface area contributed by atoms with Gasteiger partial charge in [0, 0.05) is 11.3 Å². The number of hydrogen-bond acceptors (Lipinski definition) is 3. The fourth-order valence-electron chi connectivity index (χ4n) is 2.49. The Morgan fingerprint density at radius 2 is 2.00 bits per heavy atom. The number of nitrogens with two attached hydrogens (primary N) is 1. The molecule has 88 valence electrons. The Morgan fingerprint density at radius 3 is 2.62 bits per heavy atom. The van der Waals surface area contributed by atoms with Gasteiger partial charge in [-0.2, -0.15) is 0 Å². The maximum Gasteiger partial charge on any atom is 0.255 e. The van der Waals surface area contributed by atoms with Crippen molar-refractivity contribution < 1.29 is 0 Å². The van der Waals surface area contributed by atoms with Crippen LogP contribution in [0.2, 0.25) is 0 Å². The van der Waals surface area contributed by atoms with Crippen molar-refractivity contribution in [3.8, 4) is 0 Å². The van der Waals surface area contributed by atoms with E-state index in [-0.39, 0.29) is 5.56 Å². The smallest absolute Gasteiger partial charge is 0.255 e. The predicted octanol–water partition coefficient (Wildman–Crippen LogP) is 1.59. The van der Waals surface area contributed by atoms with Crippen molar-refractivity contribution in [2.45, 2.75) is 38.0 Å². The lowest BCUT2D eigenvalue weighted by molar-refractivity contribution is 0.672. The molecule has 16 heavy (non-hydrogen) atoms. The molecule has 0 amide bonds. The highest BCUT2D eigenvalue weighted by Crippen LogP contribution is 2.33. The van der Waals surface area contributed by atoms with Crippen molar-refractivity contribution in [2.75, 3.05) is 6.54 Å². The third kappa shape index (κ3) is 2.25. The number of rotatable bonds is 3. The molecule has 1 aliphatic carbocycles. The second kappa shape index (κ2) is 4.93. The molecule has 0 atom stereocenters. The standard InChI is InChI=1S/C11H17N3OS/c12-6-5-8-9(7-3-1-2-4-7)13-11(16)14-10(8)15/h7H,1-6,12H2,(H2,13,14,15,16). The summed E-state index contributed by atoms with van der Waals surface area (Å²) in [6.45, 7) is 0.493. The van der Waals surface area contributed by atoms with Crippen LogP contribution in [0.4, 0.5) is 0 Å². The fourth-order valence-corrected chi connectivity index (χ4v) is 2.69. The summed E-state index contributed by atoms with van der Waals surface area (Å²) in [5.74, 6) is 0.463. The molecule has 1 fully saturated rings. The van der Waals surface area contributed by atoms with E-state index >= 15 is 0 Å². The summed E-state index contributed by atoms with van der Waals surface area (Å²) in [4.78, 5) is 17.6. The van der Waals surface area contributed by atoms with Crippen molar-refractivity contribution in [2.24, 2.45) is 5.73 Å². The van der Waals surface area contributed by atoms with Crippen LogP contribution in [0.5, 0.6) is 0 Å². The van der Waals surface area contributed by atoms with E-state index in [0.29, 0.717) is 23.7 Å². The lowest BCUT2D eigenvalue weighted by Crippen LogP contribution is -2.22. The summed E-state index contributed by atoms with van der Waals surface area (Å²) in [6.07, 6.45) is 5.38. The van der Waals surface area contributed by atoms with E-state index in [1.165, 1.54) is 12.8 Å². The molecule has 0 bridgehead atoms. The molecule has 0 aliphatic heterocycles. The lowest BCUT2D eigenvalue weighted by Gasteiger charge is -2.13. The molecule has 2 rings (SSSR count). The van der Waals surface area contributed by atoms with Gasteiger partial charge in [0.2, 0.25) is 0 Å². The number of aromatic nitrogens is 2. The Labute approximate surface area is 99.3 Å². The Morgan fingerprint density at radius 1 is 1.31 bits per heavy atom. The maximum absolute atomic E-state index is 11.8. The molecule has 1 aliphatic rings. The number of nitrogens with one attached hydrogen (secondary N) is 2. The molecular weight excluding hydrogens is 222 g/mol. The van der Waals surface area contributed by atoms with Gasteiger partial charge in [-0.3, -0.25) is 9.78 Å². The van der Waals surface area contributed by atoms with Crippen molar-refractivity contribution in [3.63, 3.8) is 0 Å². The van der Waals surface area contributed by atoms with E-state index in [1.807, 2.05) is 0 Å². The first kappa shape index (κ1) is 11.5. The van der Waals surface area contributed by atoms with Gasteiger partial charge >= 0.3 is 0 Å². The van der Waals surface area contributed by atoms with Gasteiger partial charge in [0.1, 0.15) is 0 Å². The van der Waals surface area contributed by atoms with Crippen molar-refractivity contribution in [1.29, 1.82) is 0 Å². The molecule has 0 radical (unpaired) electrons. The average molecular weight is 239 g/mol. The largest absolute Gasteiger partial charge is 0.335 e. The van der Waals surface area contributed by atoms with Gasteiger partial charge in [0.05, 0.1) is 0 Å².